The SMILES string of the molecule is COC(=O)c1cc2[nH]c3c(-c4ccccc4)c(-c4ccccc4)c(C#N)c4oc(-c5ccccc5)c(-c5ccccc5)c(c1)c2c34. The van der Waals surface area contributed by atoms with Crippen molar-refractivity contribution < 1.29 is 13.9 Å². The van der Waals surface area contributed by atoms with E-state index in [2.05, 4.69) is 23.2 Å². The van der Waals surface area contributed by atoms with Crippen LogP contribution in [0.2, 0.25) is 0 Å². The molecule has 0 amide bonds. The predicted octanol–water partition coefficient (Wildman–Crippen LogP) is 10.4. The summed E-state index contributed by atoms with van der Waals surface area (Å²) in [6.07, 6.45) is 0. The summed E-state index contributed by atoms with van der Waals surface area (Å²) in [7, 11) is 1.39. The second-order valence-corrected chi connectivity index (χ2v) is 11.1. The lowest BCUT2D eigenvalue weighted by atomic mass is 9.87. The molecule has 0 aliphatic rings. The molecule has 6 aromatic carbocycles. The summed E-state index contributed by atoms with van der Waals surface area (Å²) in [4.78, 5) is 16.8. The van der Waals surface area contributed by atoms with E-state index in [4.69, 9.17) is 9.15 Å². The molecule has 0 saturated heterocycles. The number of nitriles is 1. The second-order valence-electron chi connectivity index (χ2n) is 11.1. The molecule has 0 spiro atoms. The molecule has 0 atom stereocenters. The van der Waals surface area contributed by atoms with Gasteiger partial charge in [-0.05, 0) is 34.2 Å². The molecule has 0 saturated carbocycles. The van der Waals surface area contributed by atoms with E-state index in [0.29, 0.717) is 22.5 Å². The van der Waals surface area contributed by atoms with Gasteiger partial charge in [-0.25, -0.2) is 4.79 Å². The Hall–Kier alpha value is -6.38. The fourth-order valence-corrected chi connectivity index (χ4v) is 6.62. The first kappa shape index (κ1) is 27.2. The van der Waals surface area contributed by atoms with Crippen LogP contribution in [0.1, 0.15) is 15.9 Å². The molecule has 8 aromatic rings. The van der Waals surface area contributed by atoms with Crippen molar-refractivity contribution in [2.75, 3.05) is 7.11 Å². The number of hydrogen-bond acceptors (Lipinski definition) is 4. The molecule has 218 valence electrons. The number of ether oxygens (including phenoxy) is 1. The summed E-state index contributed by atoms with van der Waals surface area (Å²) in [5.41, 5.74) is 8.95. The Morgan fingerprint density at radius 2 is 1.20 bits per heavy atom. The first-order valence-corrected chi connectivity index (χ1v) is 15.0. The molecule has 5 nitrogen and oxygen atoms in total. The van der Waals surface area contributed by atoms with Gasteiger partial charge in [0.2, 0.25) is 0 Å². The van der Waals surface area contributed by atoms with Gasteiger partial charge in [-0.15, -0.1) is 0 Å². The van der Waals surface area contributed by atoms with E-state index in [9.17, 15) is 10.1 Å². The van der Waals surface area contributed by atoms with Crippen LogP contribution in [0, 0.1) is 11.3 Å². The number of esters is 1. The summed E-state index contributed by atoms with van der Waals surface area (Å²) in [6.45, 7) is 0. The second kappa shape index (κ2) is 11.0. The highest BCUT2D eigenvalue weighted by Crippen LogP contribution is 2.50. The zero-order valence-electron chi connectivity index (χ0n) is 24.9. The van der Waals surface area contributed by atoms with E-state index < -0.39 is 5.97 Å². The predicted molar refractivity (Wildman–Crippen MR) is 183 cm³/mol. The van der Waals surface area contributed by atoms with Gasteiger partial charge in [-0.3, -0.25) is 0 Å². The summed E-state index contributed by atoms with van der Waals surface area (Å²) < 4.78 is 12.3. The van der Waals surface area contributed by atoms with E-state index in [1.54, 1.807) is 0 Å². The average Bonchev–Trinajstić information content (AvgIpc) is 3.43. The van der Waals surface area contributed by atoms with E-state index >= 15 is 0 Å². The van der Waals surface area contributed by atoms with Crippen molar-refractivity contribution in [2.45, 2.75) is 0 Å². The largest absolute Gasteiger partial charge is 0.465 e. The highest BCUT2D eigenvalue weighted by atomic mass is 16.5. The molecule has 0 aliphatic carbocycles. The van der Waals surface area contributed by atoms with Crippen molar-refractivity contribution in [3.63, 3.8) is 0 Å². The van der Waals surface area contributed by atoms with Gasteiger partial charge in [0.1, 0.15) is 17.4 Å². The molecular weight excluding hydrogens is 568 g/mol. The minimum absolute atomic E-state index is 0.408. The molecule has 1 N–H and O–H groups in total. The minimum Gasteiger partial charge on any atom is -0.465 e. The van der Waals surface area contributed by atoms with E-state index in [1.807, 2.05) is 121 Å². The molecule has 0 aliphatic heterocycles. The normalized spacial score (nSPS) is 11.2. The van der Waals surface area contributed by atoms with Crippen LogP contribution >= 0.6 is 0 Å². The third-order valence-corrected chi connectivity index (χ3v) is 8.56. The summed E-state index contributed by atoms with van der Waals surface area (Å²) in [6, 6.07) is 46.2. The van der Waals surface area contributed by atoms with Gasteiger partial charge in [-0.2, -0.15) is 5.26 Å². The van der Waals surface area contributed by atoms with Crippen molar-refractivity contribution in [1.82, 2.24) is 4.98 Å². The van der Waals surface area contributed by atoms with E-state index in [0.717, 1.165) is 66.1 Å². The van der Waals surface area contributed by atoms with Crippen molar-refractivity contribution in [2.24, 2.45) is 0 Å². The lowest BCUT2D eigenvalue weighted by molar-refractivity contribution is 0.0601. The van der Waals surface area contributed by atoms with Crippen LogP contribution in [0.25, 0.3) is 77.5 Å². The number of aromatic amines is 1. The molecule has 46 heavy (non-hydrogen) atoms. The summed E-state index contributed by atoms with van der Waals surface area (Å²) in [5, 5.41) is 13.5. The Balaban J connectivity index is 1.71. The summed E-state index contributed by atoms with van der Waals surface area (Å²) in [5.74, 6) is 0.150. The van der Waals surface area contributed by atoms with Crippen LogP contribution in [0.5, 0.6) is 0 Å². The van der Waals surface area contributed by atoms with Gasteiger partial charge >= 0.3 is 5.97 Å². The Labute approximate surface area is 264 Å². The smallest absolute Gasteiger partial charge is 0.337 e. The van der Waals surface area contributed by atoms with Crippen molar-refractivity contribution in [3.8, 4) is 50.8 Å². The van der Waals surface area contributed by atoms with Crippen molar-refractivity contribution in [1.29, 1.82) is 5.26 Å². The number of benzene rings is 6. The lowest BCUT2D eigenvalue weighted by Crippen LogP contribution is -2.01. The van der Waals surface area contributed by atoms with Crippen LogP contribution in [0.15, 0.2) is 138 Å². The molecule has 5 heteroatoms. The standard InChI is InChI=1S/C41H26N2O3/c1-45-41(44)29-22-30-34(26-16-8-3-9-17-26)39(28-20-12-5-13-21-28)46-40-31(24-42)33(25-14-6-2-7-15-25)35(27-18-10-4-11-19-27)38-37(40)36(30)32(23-29)43-38/h2-23,43H,1H3. The topological polar surface area (TPSA) is 79.0 Å². The highest BCUT2D eigenvalue weighted by molar-refractivity contribution is 6.30. The molecule has 0 bridgehead atoms. The number of methoxy groups -OCH3 is 1. The molecule has 8 rings (SSSR count). The van der Waals surface area contributed by atoms with Gasteiger partial charge in [0.15, 0.2) is 5.58 Å². The summed E-state index contributed by atoms with van der Waals surface area (Å²) >= 11 is 0. The van der Waals surface area contributed by atoms with Crippen molar-refractivity contribution >= 4 is 38.7 Å². The van der Waals surface area contributed by atoms with Gasteiger partial charge in [0, 0.05) is 33.2 Å². The van der Waals surface area contributed by atoms with Crippen molar-refractivity contribution in [3.05, 3.63) is 145 Å². The lowest BCUT2D eigenvalue weighted by Gasteiger charge is -2.15. The Bertz CT molecular complexity index is 2450. The van der Waals surface area contributed by atoms with E-state index in [1.165, 1.54) is 7.11 Å². The number of aromatic nitrogens is 1. The fourth-order valence-electron chi connectivity index (χ4n) is 6.62. The molecule has 0 fully saturated rings. The quantitative estimate of drug-likeness (QED) is 0.201. The zero-order chi connectivity index (χ0) is 31.2. The maximum absolute atomic E-state index is 13.1. The third kappa shape index (κ3) is 4.20. The van der Waals surface area contributed by atoms with Gasteiger partial charge in [-0.1, -0.05) is 121 Å². The fraction of sp³-hybridized carbons (Fsp3) is 0.0244. The molecule has 0 unspecified atom stereocenters. The monoisotopic (exact) mass is 594 g/mol. The number of nitrogens with zero attached hydrogens (tertiary/aromatic N) is 1. The number of hydrogen-bond donors (Lipinski definition) is 1. The highest BCUT2D eigenvalue weighted by Gasteiger charge is 2.28. The van der Waals surface area contributed by atoms with Crippen LogP contribution in [-0.2, 0) is 4.74 Å². The third-order valence-electron chi connectivity index (χ3n) is 8.56. The zero-order valence-corrected chi connectivity index (χ0v) is 24.9. The van der Waals surface area contributed by atoms with E-state index in [-0.39, 0.29) is 0 Å². The maximum Gasteiger partial charge on any atom is 0.337 e. The molecule has 2 aromatic heterocycles. The Kier molecular flexibility index (Phi) is 6.48. The first-order chi connectivity index (χ1) is 22.7. The maximum atomic E-state index is 13.1. The number of H-pyrrole nitrogens is 1. The first-order valence-electron chi connectivity index (χ1n) is 15.0. The minimum atomic E-state index is -0.443. The molecular formula is C41H26N2O3. The molecule has 2 heterocycles. The van der Waals surface area contributed by atoms with Crippen LogP contribution in [0.3, 0.4) is 0 Å². The van der Waals surface area contributed by atoms with Gasteiger partial charge in [0.05, 0.1) is 23.6 Å². The van der Waals surface area contributed by atoms with Crippen LogP contribution in [-0.4, -0.2) is 18.1 Å². The number of rotatable bonds is 5. The number of nitrogens with one attached hydrogen (secondary N) is 1. The van der Waals surface area contributed by atoms with Crippen LogP contribution in [0.4, 0.5) is 0 Å². The molecule has 0 radical (unpaired) electrons. The Morgan fingerprint density at radius 3 is 1.74 bits per heavy atom. The van der Waals surface area contributed by atoms with Gasteiger partial charge < -0.3 is 14.1 Å². The number of carbonyl (C=O) groups excluding carboxylic acids is 1. The average molecular weight is 595 g/mol. The number of carbonyl (C=O) groups is 1. The van der Waals surface area contributed by atoms with Gasteiger partial charge in [0.25, 0.3) is 0 Å². The van der Waals surface area contributed by atoms with Crippen LogP contribution < -0.4 is 0 Å². The Morgan fingerprint density at radius 1 is 0.674 bits per heavy atom.